The van der Waals surface area contributed by atoms with Crippen molar-refractivity contribution in [1.82, 2.24) is 29.0 Å². The molecule has 0 fully saturated rings. The minimum atomic E-state index is -1.29. The molecule has 0 aliphatic heterocycles. The Bertz CT molecular complexity index is 1620. The highest BCUT2D eigenvalue weighted by Gasteiger charge is 2.21. The van der Waals surface area contributed by atoms with Crippen molar-refractivity contribution in [2.24, 2.45) is 0 Å². The van der Waals surface area contributed by atoms with Crippen LogP contribution in [-0.2, 0) is 22.9 Å². The first kappa shape index (κ1) is 32.5. The zero-order valence-electron chi connectivity index (χ0n) is 26.7. The quantitative estimate of drug-likeness (QED) is 0.141. The summed E-state index contributed by atoms with van der Waals surface area (Å²) in [6, 6.07) is 9.47. The molecule has 4 rings (SSSR count). The second-order valence-electron chi connectivity index (χ2n) is 13.5. The fourth-order valence-electron chi connectivity index (χ4n) is 4.45. The molecule has 0 aromatic carbocycles. The van der Waals surface area contributed by atoms with Gasteiger partial charge in [0.25, 0.3) is 5.91 Å². The van der Waals surface area contributed by atoms with Crippen LogP contribution in [0.25, 0.3) is 33.5 Å². The maximum absolute atomic E-state index is 13.8. The molecule has 0 saturated carbocycles. The third kappa shape index (κ3) is 8.34. The van der Waals surface area contributed by atoms with Crippen LogP contribution < -0.4 is 5.69 Å². The summed E-state index contributed by atoms with van der Waals surface area (Å²) in [7, 11) is 0.852. The molecule has 0 aliphatic carbocycles. The molecule has 12 heteroatoms. The molecule has 1 amide bonds. The average Bonchev–Trinajstić information content (AvgIpc) is 3.22. The summed E-state index contributed by atoms with van der Waals surface area (Å²) in [6.07, 6.45) is 6.79. The smallest absolute Gasteiger partial charge is 0.334 e. The molecule has 0 bridgehead atoms. The van der Waals surface area contributed by atoms with Crippen molar-refractivity contribution in [2.75, 3.05) is 27.3 Å². The predicted octanol–water partition coefficient (Wildman–Crippen LogP) is 5.65. The molecule has 4 aromatic heterocycles. The first-order valence-corrected chi connectivity index (χ1v) is 22.0. The summed E-state index contributed by atoms with van der Waals surface area (Å²) < 4.78 is 15.3. The molecule has 0 atom stereocenters. The molecule has 0 unspecified atom stereocenters. The van der Waals surface area contributed by atoms with Gasteiger partial charge in [-0.3, -0.25) is 23.9 Å². The minimum Gasteiger partial charge on any atom is -0.361 e. The number of rotatable bonds is 13. The van der Waals surface area contributed by atoms with E-state index in [1.165, 1.54) is 4.90 Å². The number of ether oxygens (including phenoxy) is 2. The Balaban J connectivity index is 1.72. The van der Waals surface area contributed by atoms with Crippen LogP contribution >= 0.6 is 0 Å². The summed E-state index contributed by atoms with van der Waals surface area (Å²) in [4.78, 5) is 41.2. The highest BCUT2D eigenvalue weighted by molar-refractivity contribution is 6.76. The summed E-state index contributed by atoms with van der Waals surface area (Å²) in [5.41, 5.74) is 4.62. The second kappa shape index (κ2) is 13.5. The van der Waals surface area contributed by atoms with Crippen LogP contribution in [0.1, 0.15) is 10.4 Å². The monoisotopic (exact) mass is 620 g/mol. The zero-order chi connectivity index (χ0) is 31.4. The summed E-state index contributed by atoms with van der Waals surface area (Å²) in [5.74, 6) is -0.107. The molecule has 43 heavy (non-hydrogen) atoms. The van der Waals surface area contributed by atoms with Crippen molar-refractivity contribution in [2.45, 2.75) is 64.8 Å². The number of aromatic nitrogens is 5. The van der Waals surface area contributed by atoms with Crippen LogP contribution in [0, 0.1) is 0 Å². The van der Waals surface area contributed by atoms with Gasteiger partial charge < -0.3 is 14.4 Å². The first-order chi connectivity index (χ1) is 20.2. The lowest BCUT2D eigenvalue weighted by Gasteiger charge is -2.15. The number of nitrogens with zero attached hydrogens (tertiary/aromatic N) is 6. The van der Waals surface area contributed by atoms with Crippen LogP contribution in [0.15, 0.2) is 53.8 Å². The number of hydrogen-bond acceptors (Lipinski definition) is 7. The Kier molecular flexibility index (Phi) is 10.2. The van der Waals surface area contributed by atoms with E-state index in [0.29, 0.717) is 35.6 Å². The van der Waals surface area contributed by atoms with Gasteiger partial charge in [-0.15, -0.1) is 0 Å². The van der Waals surface area contributed by atoms with Gasteiger partial charge in [-0.05, 0) is 36.4 Å². The van der Waals surface area contributed by atoms with Gasteiger partial charge in [-0.1, -0.05) is 39.3 Å². The molecular formula is C31H44N6O4Si2. The second-order valence-corrected chi connectivity index (χ2v) is 24.7. The number of imidazole rings is 1. The number of fused-ring (bicyclic) bond motifs is 1. The van der Waals surface area contributed by atoms with Gasteiger partial charge in [0.2, 0.25) is 0 Å². The first-order valence-electron chi connectivity index (χ1n) is 14.6. The number of carbonyl (C=O) groups is 1. The normalized spacial score (nSPS) is 12.2. The number of amides is 1. The number of hydrogen-bond donors (Lipinski definition) is 0. The Morgan fingerprint density at radius 2 is 1.47 bits per heavy atom. The summed E-state index contributed by atoms with van der Waals surface area (Å²) >= 11 is 0. The van der Waals surface area contributed by atoms with Gasteiger partial charge in [-0.2, -0.15) is 0 Å². The predicted molar refractivity (Wildman–Crippen MR) is 177 cm³/mol. The van der Waals surface area contributed by atoms with E-state index in [1.807, 2.05) is 18.2 Å². The van der Waals surface area contributed by atoms with Gasteiger partial charge in [0.15, 0.2) is 5.65 Å². The molecular weight excluding hydrogens is 577 g/mol. The Morgan fingerprint density at radius 3 is 2.05 bits per heavy atom. The van der Waals surface area contributed by atoms with Crippen LogP contribution in [0.2, 0.25) is 51.4 Å². The molecule has 0 aliphatic rings. The van der Waals surface area contributed by atoms with E-state index in [1.54, 1.807) is 54.1 Å². The molecule has 10 nitrogen and oxygen atoms in total. The fraction of sp³-hybridized carbons (Fsp3) is 0.452. The van der Waals surface area contributed by atoms with Gasteiger partial charge in [0.05, 0.1) is 16.8 Å². The highest BCUT2D eigenvalue weighted by Crippen LogP contribution is 2.30. The van der Waals surface area contributed by atoms with Gasteiger partial charge in [0.1, 0.15) is 13.5 Å². The van der Waals surface area contributed by atoms with E-state index < -0.39 is 16.1 Å². The highest BCUT2D eigenvalue weighted by atomic mass is 28.3. The molecule has 0 saturated heterocycles. The largest absolute Gasteiger partial charge is 0.361 e. The summed E-state index contributed by atoms with van der Waals surface area (Å²) in [6.45, 7) is 15.2. The van der Waals surface area contributed by atoms with Crippen molar-refractivity contribution in [3.05, 3.63) is 65.1 Å². The summed E-state index contributed by atoms with van der Waals surface area (Å²) in [5, 5.41) is 0. The van der Waals surface area contributed by atoms with E-state index in [0.717, 1.165) is 28.8 Å². The van der Waals surface area contributed by atoms with Crippen LogP contribution in [-0.4, -0.2) is 78.4 Å². The van der Waals surface area contributed by atoms with E-state index in [-0.39, 0.29) is 25.1 Å². The molecule has 4 heterocycles. The molecule has 4 aromatic rings. The minimum absolute atomic E-state index is 0.107. The van der Waals surface area contributed by atoms with Crippen molar-refractivity contribution >= 4 is 33.2 Å². The van der Waals surface area contributed by atoms with Gasteiger partial charge >= 0.3 is 5.69 Å². The maximum Gasteiger partial charge on any atom is 0.334 e. The molecule has 0 spiro atoms. The van der Waals surface area contributed by atoms with Crippen LogP contribution in [0.3, 0.4) is 0 Å². The topological polar surface area (TPSA) is 104 Å². The van der Waals surface area contributed by atoms with Crippen molar-refractivity contribution < 1.29 is 14.3 Å². The average molecular weight is 621 g/mol. The molecule has 230 valence electrons. The third-order valence-electron chi connectivity index (χ3n) is 7.09. The van der Waals surface area contributed by atoms with Crippen LogP contribution in [0.5, 0.6) is 0 Å². The van der Waals surface area contributed by atoms with Crippen molar-refractivity contribution in [1.29, 1.82) is 0 Å². The van der Waals surface area contributed by atoms with Gasteiger partial charge in [-0.25, -0.2) is 9.78 Å². The third-order valence-corrected chi connectivity index (χ3v) is 10.5. The standard InChI is InChI=1S/C31H44N6O4Si2/c1-35(2)30(38)23-9-10-27(34-20-23)25-17-24(18-32-19-25)26-11-12-33-29-28(26)36(21-40-13-15-42(3,4)5)31(39)37(29)22-41-14-16-43(6,7)8/h9-12,17-20H,13-16,21-22H2,1-8H3. The van der Waals surface area contributed by atoms with Gasteiger partial charge in [0, 0.05) is 84.9 Å². The lowest BCUT2D eigenvalue weighted by molar-refractivity contribution is 0.0753. The molecule has 0 radical (unpaired) electrons. The Hall–Kier alpha value is -3.46. The van der Waals surface area contributed by atoms with Crippen LogP contribution in [0.4, 0.5) is 0 Å². The fourth-order valence-corrected chi connectivity index (χ4v) is 5.97. The molecule has 0 N–H and O–H groups in total. The van der Waals surface area contributed by atoms with Crippen molar-refractivity contribution in [3.8, 4) is 22.4 Å². The Labute approximate surface area is 255 Å². The Morgan fingerprint density at radius 1 is 0.837 bits per heavy atom. The number of pyridine rings is 3. The lowest BCUT2D eigenvalue weighted by Crippen LogP contribution is -2.28. The maximum atomic E-state index is 13.8. The lowest BCUT2D eigenvalue weighted by atomic mass is 10.0. The SMILES string of the molecule is CN(C)C(=O)c1ccc(-c2cncc(-c3ccnc4c3n(COCC[Si](C)(C)C)c(=O)n4COCC[Si](C)(C)C)c2)nc1. The van der Waals surface area contributed by atoms with E-state index >= 15 is 0 Å². The van der Waals surface area contributed by atoms with Crippen molar-refractivity contribution in [3.63, 3.8) is 0 Å². The number of carbonyl (C=O) groups excluding carboxylic acids is 1. The van der Waals surface area contributed by atoms with E-state index in [9.17, 15) is 9.59 Å². The van der Waals surface area contributed by atoms with E-state index in [2.05, 4.69) is 54.2 Å². The van der Waals surface area contributed by atoms with E-state index in [4.69, 9.17) is 9.47 Å². The zero-order valence-corrected chi connectivity index (χ0v) is 28.7.